The second-order valence-electron chi connectivity index (χ2n) is 8.60. The van der Waals surface area contributed by atoms with Crippen LogP contribution in [0.5, 0.6) is 0 Å². The first-order valence-corrected chi connectivity index (χ1v) is 11.8. The molecule has 174 valence electrons. The standard InChI is InChI=1S/C28H26N6O/c29-20-22-12-14-23(15-13-22)21-32-16-7-17-33(19-18-32)28(35)26-30-27(24-8-3-1-4-9-24)34(31-26)25-10-5-2-6-11-25/h1-6,8-15H,7,16-19,21H2. The van der Waals surface area contributed by atoms with E-state index in [9.17, 15) is 4.79 Å². The molecule has 1 aromatic heterocycles. The zero-order valence-electron chi connectivity index (χ0n) is 19.4. The Balaban J connectivity index is 1.33. The van der Waals surface area contributed by atoms with Crippen LogP contribution >= 0.6 is 0 Å². The molecule has 1 saturated heterocycles. The maximum atomic E-state index is 13.5. The molecule has 0 bridgehead atoms. The Bertz CT molecular complexity index is 1270. The van der Waals surface area contributed by atoms with Crippen LogP contribution in [-0.2, 0) is 6.54 Å². The van der Waals surface area contributed by atoms with Gasteiger partial charge in [0.2, 0.25) is 5.82 Å². The molecular weight excluding hydrogens is 436 g/mol. The Kier molecular flexibility index (Phi) is 6.64. The molecule has 0 N–H and O–H groups in total. The number of carbonyl (C=O) groups excluding carboxylic acids is 1. The first kappa shape index (κ1) is 22.5. The molecule has 1 amide bonds. The molecule has 1 aliphatic heterocycles. The zero-order valence-corrected chi connectivity index (χ0v) is 19.4. The van der Waals surface area contributed by atoms with E-state index in [2.05, 4.69) is 21.1 Å². The van der Waals surface area contributed by atoms with Gasteiger partial charge in [-0.15, -0.1) is 5.10 Å². The summed E-state index contributed by atoms with van der Waals surface area (Å²) in [6.45, 7) is 3.77. The molecule has 5 rings (SSSR count). The van der Waals surface area contributed by atoms with Crippen LogP contribution in [0, 0.1) is 11.3 Å². The van der Waals surface area contributed by atoms with Crippen molar-refractivity contribution in [2.75, 3.05) is 26.2 Å². The number of nitrogens with zero attached hydrogens (tertiary/aromatic N) is 6. The van der Waals surface area contributed by atoms with Crippen LogP contribution in [0.4, 0.5) is 0 Å². The minimum Gasteiger partial charge on any atom is -0.335 e. The lowest BCUT2D eigenvalue weighted by molar-refractivity contribution is 0.0749. The summed E-state index contributed by atoms with van der Waals surface area (Å²) in [6.07, 6.45) is 0.882. The number of nitriles is 1. The van der Waals surface area contributed by atoms with Crippen LogP contribution in [0.1, 0.15) is 28.2 Å². The Morgan fingerprint density at radius 3 is 2.29 bits per heavy atom. The van der Waals surface area contributed by atoms with Crippen molar-refractivity contribution in [2.45, 2.75) is 13.0 Å². The summed E-state index contributed by atoms with van der Waals surface area (Å²) >= 11 is 0. The topological polar surface area (TPSA) is 78.0 Å². The highest BCUT2D eigenvalue weighted by atomic mass is 16.2. The lowest BCUT2D eigenvalue weighted by Gasteiger charge is -2.21. The first-order valence-electron chi connectivity index (χ1n) is 11.8. The van der Waals surface area contributed by atoms with Gasteiger partial charge in [-0.25, -0.2) is 9.67 Å². The summed E-state index contributed by atoms with van der Waals surface area (Å²) < 4.78 is 1.75. The van der Waals surface area contributed by atoms with Crippen LogP contribution in [0.25, 0.3) is 17.1 Å². The molecule has 4 aromatic rings. The molecule has 1 aliphatic rings. The summed E-state index contributed by atoms with van der Waals surface area (Å²) in [6, 6.07) is 29.4. The van der Waals surface area contributed by atoms with E-state index >= 15 is 0 Å². The lowest BCUT2D eigenvalue weighted by Crippen LogP contribution is -2.35. The monoisotopic (exact) mass is 462 g/mol. The van der Waals surface area contributed by atoms with E-state index in [1.165, 1.54) is 5.56 Å². The van der Waals surface area contributed by atoms with Crippen LogP contribution in [-0.4, -0.2) is 56.7 Å². The van der Waals surface area contributed by atoms with E-state index in [1.54, 1.807) is 4.68 Å². The molecule has 0 atom stereocenters. The van der Waals surface area contributed by atoms with E-state index in [0.717, 1.165) is 37.3 Å². The number of benzene rings is 3. The van der Waals surface area contributed by atoms with Crippen LogP contribution in [0.2, 0.25) is 0 Å². The van der Waals surface area contributed by atoms with Crippen molar-refractivity contribution in [3.05, 3.63) is 102 Å². The summed E-state index contributed by atoms with van der Waals surface area (Å²) in [5.74, 6) is 0.725. The van der Waals surface area contributed by atoms with E-state index in [-0.39, 0.29) is 11.7 Å². The van der Waals surface area contributed by atoms with Gasteiger partial charge in [0, 0.05) is 38.3 Å². The number of hydrogen-bond acceptors (Lipinski definition) is 5. The predicted octanol–water partition coefficient (Wildman–Crippen LogP) is 4.15. The molecule has 0 radical (unpaired) electrons. The van der Waals surface area contributed by atoms with Gasteiger partial charge in [0.25, 0.3) is 5.91 Å². The average Bonchev–Trinajstić information content (AvgIpc) is 3.24. The van der Waals surface area contributed by atoms with E-state index < -0.39 is 0 Å². The van der Waals surface area contributed by atoms with Gasteiger partial charge in [-0.2, -0.15) is 5.26 Å². The SMILES string of the molecule is N#Cc1ccc(CN2CCCN(C(=O)c3nc(-c4ccccc4)n(-c4ccccc4)n3)CC2)cc1. The van der Waals surface area contributed by atoms with Gasteiger partial charge in [-0.3, -0.25) is 9.69 Å². The Labute approximate surface area is 204 Å². The van der Waals surface area contributed by atoms with E-state index in [0.29, 0.717) is 24.5 Å². The van der Waals surface area contributed by atoms with Crippen molar-refractivity contribution in [1.82, 2.24) is 24.6 Å². The third-order valence-corrected chi connectivity index (χ3v) is 6.20. The molecule has 7 nitrogen and oxygen atoms in total. The number of rotatable bonds is 5. The fourth-order valence-electron chi connectivity index (χ4n) is 4.34. The summed E-state index contributed by atoms with van der Waals surface area (Å²) in [5, 5.41) is 13.6. The van der Waals surface area contributed by atoms with Gasteiger partial charge in [-0.1, -0.05) is 60.7 Å². The minimum absolute atomic E-state index is 0.142. The van der Waals surface area contributed by atoms with Crippen molar-refractivity contribution in [1.29, 1.82) is 5.26 Å². The predicted molar refractivity (Wildman–Crippen MR) is 134 cm³/mol. The number of hydrogen-bond donors (Lipinski definition) is 0. The lowest BCUT2D eigenvalue weighted by atomic mass is 10.1. The molecule has 35 heavy (non-hydrogen) atoms. The molecule has 7 heteroatoms. The third kappa shape index (κ3) is 5.13. The Morgan fingerprint density at radius 1 is 0.857 bits per heavy atom. The fourth-order valence-corrected chi connectivity index (χ4v) is 4.34. The zero-order chi connectivity index (χ0) is 24.0. The van der Waals surface area contributed by atoms with Gasteiger partial charge in [0.1, 0.15) is 0 Å². The van der Waals surface area contributed by atoms with Crippen molar-refractivity contribution < 1.29 is 4.79 Å². The smallest absolute Gasteiger partial charge is 0.293 e. The van der Waals surface area contributed by atoms with Crippen molar-refractivity contribution in [3.8, 4) is 23.1 Å². The van der Waals surface area contributed by atoms with Gasteiger partial charge in [-0.05, 0) is 36.2 Å². The third-order valence-electron chi connectivity index (χ3n) is 6.20. The molecule has 0 aliphatic carbocycles. The quantitative estimate of drug-likeness (QED) is 0.445. The highest BCUT2D eigenvalue weighted by Gasteiger charge is 2.25. The normalized spacial score (nSPS) is 14.3. The van der Waals surface area contributed by atoms with Gasteiger partial charge in [0.05, 0.1) is 17.3 Å². The van der Waals surface area contributed by atoms with Crippen LogP contribution in [0.3, 0.4) is 0 Å². The van der Waals surface area contributed by atoms with Gasteiger partial charge in [0.15, 0.2) is 5.82 Å². The maximum absolute atomic E-state index is 13.5. The summed E-state index contributed by atoms with van der Waals surface area (Å²) in [4.78, 5) is 22.3. The Morgan fingerprint density at radius 2 is 1.57 bits per heavy atom. The molecule has 1 fully saturated rings. The number of carbonyl (C=O) groups is 1. The molecule has 0 unspecified atom stereocenters. The second-order valence-corrected chi connectivity index (χ2v) is 8.60. The summed E-state index contributed by atoms with van der Waals surface area (Å²) in [5.41, 5.74) is 3.60. The highest BCUT2D eigenvalue weighted by molar-refractivity contribution is 5.91. The number of amides is 1. The Hall–Kier alpha value is -4.28. The molecule has 0 saturated carbocycles. The van der Waals surface area contributed by atoms with Crippen molar-refractivity contribution in [3.63, 3.8) is 0 Å². The van der Waals surface area contributed by atoms with Gasteiger partial charge >= 0.3 is 0 Å². The average molecular weight is 463 g/mol. The molecular formula is C28H26N6O. The van der Waals surface area contributed by atoms with Crippen molar-refractivity contribution >= 4 is 5.91 Å². The maximum Gasteiger partial charge on any atom is 0.293 e. The number of para-hydroxylation sites is 1. The van der Waals surface area contributed by atoms with Crippen LogP contribution < -0.4 is 0 Å². The van der Waals surface area contributed by atoms with E-state index in [1.807, 2.05) is 89.8 Å². The summed E-state index contributed by atoms with van der Waals surface area (Å²) in [7, 11) is 0. The van der Waals surface area contributed by atoms with E-state index in [4.69, 9.17) is 5.26 Å². The second kappa shape index (κ2) is 10.3. The largest absolute Gasteiger partial charge is 0.335 e. The molecule has 0 spiro atoms. The number of aromatic nitrogens is 3. The highest BCUT2D eigenvalue weighted by Crippen LogP contribution is 2.22. The van der Waals surface area contributed by atoms with Gasteiger partial charge < -0.3 is 4.90 Å². The van der Waals surface area contributed by atoms with Crippen LogP contribution in [0.15, 0.2) is 84.9 Å². The van der Waals surface area contributed by atoms with Crippen molar-refractivity contribution in [2.24, 2.45) is 0 Å². The molecule has 2 heterocycles. The fraction of sp³-hybridized carbons (Fsp3) is 0.214. The minimum atomic E-state index is -0.142. The molecule has 3 aromatic carbocycles. The first-order chi connectivity index (χ1) is 17.2.